The fourth-order valence-corrected chi connectivity index (χ4v) is 1.31. The van der Waals surface area contributed by atoms with Crippen LogP contribution in [-0.4, -0.2) is 46.3 Å². The molecule has 0 spiro atoms. The van der Waals surface area contributed by atoms with Crippen LogP contribution in [0.25, 0.3) is 0 Å². The van der Waals surface area contributed by atoms with Crippen molar-refractivity contribution in [1.29, 1.82) is 0 Å². The van der Waals surface area contributed by atoms with Gasteiger partial charge in [0.15, 0.2) is 0 Å². The summed E-state index contributed by atoms with van der Waals surface area (Å²) in [7, 11) is 0. The summed E-state index contributed by atoms with van der Waals surface area (Å²) in [5.74, 6) is 0. The minimum Gasteiger partial charge on any atom is -0.394 e. The van der Waals surface area contributed by atoms with E-state index in [4.69, 9.17) is 9.84 Å². The highest BCUT2D eigenvalue weighted by atomic mass is 16.5. The highest BCUT2D eigenvalue weighted by Crippen LogP contribution is 2.19. The molecule has 11 heavy (non-hydrogen) atoms. The van der Waals surface area contributed by atoms with Crippen molar-refractivity contribution in [3.63, 3.8) is 0 Å². The van der Waals surface area contributed by atoms with Crippen molar-refractivity contribution < 1.29 is 20.1 Å². The zero-order valence-electron chi connectivity index (χ0n) is 6.47. The van der Waals surface area contributed by atoms with E-state index in [0.29, 0.717) is 6.42 Å². The Bertz CT molecular complexity index is 128. The van der Waals surface area contributed by atoms with Gasteiger partial charge in [-0.1, -0.05) is 0 Å². The summed E-state index contributed by atoms with van der Waals surface area (Å²) in [6.07, 6.45) is -2.01. The molecule has 0 aromatic carbocycles. The molecule has 4 heteroatoms. The predicted octanol–water partition coefficient (Wildman–Crippen LogP) is -1.12. The molecule has 0 aromatic rings. The Morgan fingerprint density at radius 3 is 2.64 bits per heavy atom. The summed E-state index contributed by atoms with van der Waals surface area (Å²) in [6, 6.07) is 0. The first kappa shape index (κ1) is 8.93. The molecule has 4 nitrogen and oxygen atoms in total. The van der Waals surface area contributed by atoms with Crippen LogP contribution >= 0.6 is 0 Å². The number of aliphatic hydroxyl groups is 3. The van der Waals surface area contributed by atoms with Gasteiger partial charge >= 0.3 is 0 Å². The monoisotopic (exact) mass is 162 g/mol. The van der Waals surface area contributed by atoms with Crippen LogP contribution in [0.5, 0.6) is 0 Å². The van der Waals surface area contributed by atoms with Crippen LogP contribution in [-0.2, 0) is 4.74 Å². The van der Waals surface area contributed by atoms with E-state index in [1.165, 1.54) is 0 Å². The molecule has 1 rings (SSSR count). The molecule has 66 valence electrons. The zero-order chi connectivity index (χ0) is 8.43. The predicted molar refractivity (Wildman–Crippen MR) is 38.1 cm³/mol. The summed E-state index contributed by atoms with van der Waals surface area (Å²) in [6.45, 7) is 1.56. The highest BCUT2D eigenvalue weighted by molar-refractivity contribution is 4.83. The molecule has 0 saturated carbocycles. The van der Waals surface area contributed by atoms with Crippen molar-refractivity contribution in [2.75, 3.05) is 6.61 Å². The number of aliphatic hydroxyl groups excluding tert-OH is 3. The molecule has 1 aliphatic rings. The minimum atomic E-state index is -0.948. The van der Waals surface area contributed by atoms with Crippen molar-refractivity contribution in [2.45, 2.75) is 37.8 Å². The molecule has 1 fully saturated rings. The average molecular weight is 162 g/mol. The smallest absolute Gasteiger partial charge is 0.109 e. The molecule has 0 aromatic heterocycles. The van der Waals surface area contributed by atoms with E-state index in [-0.39, 0.29) is 12.7 Å². The summed E-state index contributed by atoms with van der Waals surface area (Å²) < 4.78 is 5.16. The maximum absolute atomic E-state index is 9.22. The second-order valence-electron chi connectivity index (χ2n) is 2.96. The highest BCUT2D eigenvalue weighted by Gasteiger charge is 2.34. The molecule has 3 N–H and O–H groups in total. The number of rotatable bonds is 1. The van der Waals surface area contributed by atoms with Crippen molar-refractivity contribution in [3.8, 4) is 0 Å². The topological polar surface area (TPSA) is 69.9 Å². The van der Waals surface area contributed by atoms with Gasteiger partial charge in [0.2, 0.25) is 0 Å². The summed E-state index contributed by atoms with van der Waals surface area (Å²) in [4.78, 5) is 0. The van der Waals surface area contributed by atoms with E-state index in [9.17, 15) is 10.2 Å². The molecule has 1 heterocycles. The van der Waals surface area contributed by atoms with Crippen LogP contribution in [0.3, 0.4) is 0 Å². The van der Waals surface area contributed by atoms with Crippen molar-refractivity contribution in [2.24, 2.45) is 0 Å². The van der Waals surface area contributed by atoms with Gasteiger partial charge in [-0.05, 0) is 6.92 Å². The largest absolute Gasteiger partial charge is 0.394 e. The normalized spacial score (nSPS) is 45.8. The lowest BCUT2D eigenvalue weighted by Gasteiger charge is -2.34. The maximum atomic E-state index is 9.22. The number of ether oxygens (including phenoxy) is 1. The van der Waals surface area contributed by atoms with E-state index < -0.39 is 18.3 Å². The molecule has 0 radical (unpaired) electrons. The molecule has 0 aliphatic carbocycles. The van der Waals surface area contributed by atoms with Crippen LogP contribution in [0.2, 0.25) is 0 Å². The van der Waals surface area contributed by atoms with Gasteiger partial charge in [0, 0.05) is 6.42 Å². The second-order valence-corrected chi connectivity index (χ2v) is 2.96. The van der Waals surface area contributed by atoms with Gasteiger partial charge in [0.1, 0.15) is 12.2 Å². The van der Waals surface area contributed by atoms with Gasteiger partial charge in [-0.2, -0.15) is 0 Å². The Balaban J connectivity index is 2.51. The van der Waals surface area contributed by atoms with Gasteiger partial charge in [0.25, 0.3) is 0 Å². The van der Waals surface area contributed by atoms with Crippen LogP contribution in [0.4, 0.5) is 0 Å². The third kappa shape index (κ3) is 1.90. The fraction of sp³-hybridized carbons (Fsp3) is 1.00. The van der Waals surface area contributed by atoms with E-state index in [2.05, 4.69) is 0 Å². The Morgan fingerprint density at radius 1 is 1.45 bits per heavy atom. The third-order valence-electron chi connectivity index (χ3n) is 1.94. The summed E-state index contributed by atoms with van der Waals surface area (Å²) >= 11 is 0. The lowest BCUT2D eigenvalue weighted by atomic mass is 9.99. The van der Waals surface area contributed by atoms with Crippen LogP contribution in [0.1, 0.15) is 13.3 Å². The van der Waals surface area contributed by atoms with Crippen molar-refractivity contribution in [1.82, 2.24) is 0 Å². The summed E-state index contributed by atoms with van der Waals surface area (Å²) in [5, 5.41) is 27.1. The molecule has 0 bridgehead atoms. The molecular formula is C7H14O4. The Labute approximate surface area is 65.4 Å². The van der Waals surface area contributed by atoms with Crippen LogP contribution in [0, 0.1) is 0 Å². The average Bonchev–Trinajstić information content (AvgIpc) is 1.96. The lowest BCUT2D eigenvalue weighted by Crippen LogP contribution is -2.49. The molecule has 1 aliphatic heterocycles. The van der Waals surface area contributed by atoms with Gasteiger partial charge in [0.05, 0.1) is 18.8 Å². The first-order chi connectivity index (χ1) is 5.15. The minimum absolute atomic E-state index is 0.0921. The van der Waals surface area contributed by atoms with Crippen molar-refractivity contribution in [3.05, 3.63) is 0 Å². The van der Waals surface area contributed by atoms with Crippen molar-refractivity contribution >= 4 is 0 Å². The van der Waals surface area contributed by atoms with Gasteiger partial charge < -0.3 is 20.1 Å². The molecular weight excluding hydrogens is 148 g/mol. The van der Waals surface area contributed by atoms with E-state index in [1.807, 2.05) is 0 Å². The zero-order valence-corrected chi connectivity index (χ0v) is 6.47. The number of hydrogen-bond acceptors (Lipinski definition) is 4. The Hall–Kier alpha value is -0.160. The van der Waals surface area contributed by atoms with E-state index >= 15 is 0 Å². The standard InChI is InChI=1S/C7H14O4/c1-4-2-5(9)7(10)6(3-8)11-4/h4-10H,2-3H2,1H3/t4?,5?,6?,7-/m1/s1. The second kappa shape index (κ2) is 3.49. The molecule has 0 amide bonds. The Kier molecular flexibility index (Phi) is 2.84. The van der Waals surface area contributed by atoms with E-state index in [1.54, 1.807) is 6.92 Å². The number of hydrogen-bond donors (Lipinski definition) is 3. The van der Waals surface area contributed by atoms with Gasteiger partial charge in [-0.3, -0.25) is 0 Å². The molecule has 1 saturated heterocycles. The Morgan fingerprint density at radius 2 is 2.09 bits per heavy atom. The first-order valence-electron chi connectivity index (χ1n) is 3.77. The first-order valence-corrected chi connectivity index (χ1v) is 3.77. The maximum Gasteiger partial charge on any atom is 0.109 e. The SMILES string of the molecule is CC1CC(O)[C@@H](O)C(CO)O1. The van der Waals surface area contributed by atoms with Crippen LogP contribution in [0.15, 0.2) is 0 Å². The van der Waals surface area contributed by atoms with E-state index in [0.717, 1.165) is 0 Å². The fourth-order valence-electron chi connectivity index (χ4n) is 1.31. The van der Waals surface area contributed by atoms with Gasteiger partial charge in [-0.15, -0.1) is 0 Å². The lowest BCUT2D eigenvalue weighted by molar-refractivity contribution is -0.174. The molecule has 4 atom stereocenters. The van der Waals surface area contributed by atoms with Gasteiger partial charge in [-0.25, -0.2) is 0 Å². The molecule has 3 unspecified atom stereocenters. The summed E-state index contributed by atoms with van der Waals surface area (Å²) in [5.41, 5.74) is 0. The quantitative estimate of drug-likeness (QED) is 0.456. The third-order valence-corrected chi connectivity index (χ3v) is 1.94. The van der Waals surface area contributed by atoms with Crippen LogP contribution < -0.4 is 0 Å².